The lowest BCUT2D eigenvalue weighted by molar-refractivity contribution is 0.189. The molecular weight excluding hydrogens is 238 g/mol. The van der Waals surface area contributed by atoms with Crippen LogP contribution in [0.4, 0.5) is 0 Å². The van der Waals surface area contributed by atoms with E-state index in [-0.39, 0.29) is 0 Å². The Balaban J connectivity index is 1.93. The normalized spacial score (nSPS) is 36.1. The molecule has 3 atom stereocenters. The number of nitrogens with one attached hydrogen (secondary N) is 1. The monoisotopic (exact) mass is 261 g/mol. The fourth-order valence-electron chi connectivity index (χ4n) is 3.75. The molecule has 0 saturated carbocycles. The van der Waals surface area contributed by atoms with E-state index in [1.165, 1.54) is 30.7 Å². The van der Waals surface area contributed by atoms with Gasteiger partial charge in [-0.3, -0.25) is 0 Å². The molecule has 1 nitrogen and oxygen atoms in total. The third kappa shape index (κ3) is 2.21. The standard InChI is InChI=1S/C16H23NS/c1-12-4-3-5-14(8-12)15-10-17-7-6-16(15)9-13(2)18-11-16/h3-5,8,13,15,17H,6-7,9-11H2,1-2H3. The minimum absolute atomic E-state index is 0.559. The zero-order valence-corrected chi connectivity index (χ0v) is 12.2. The Bertz CT molecular complexity index is 427. The third-order valence-corrected chi connectivity index (χ3v) is 6.16. The van der Waals surface area contributed by atoms with Crippen LogP contribution in [0.2, 0.25) is 0 Å². The summed E-state index contributed by atoms with van der Waals surface area (Å²) in [7, 11) is 0. The summed E-state index contributed by atoms with van der Waals surface area (Å²) in [5.74, 6) is 2.07. The Labute approximate surface area is 115 Å². The van der Waals surface area contributed by atoms with E-state index >= 15 is 0 Å². The molecule has 0 aliphatic carbocycles. The molecule has 3 rings (SSSR count). The highest BCUT2D eigenvalue weighted by Crippen LogP contribution is 2.53. The van der Waals surface area contributed by atoms with Crippen molar-refractivity contribution in [2.45, 2.75) is 37.9 Å². The highest BCUT2D eigenvalue weighted by Gasteiger charge is 2.46. The molecule has 2 aliphatic rings. The highest BCUT2D eigenvalue weighted by atomic mass is 32.2. The third-order valence-electron chi connectivity index (χ3n) is 4.68. The number of rotatable bonds is 1. The fourth-order valence-corrected chi connectivity index (χ4v) is 5.28. The van der Waals surface area contributed by atoms with Crippen molar-refractivity contribution in [3.8, 4) is 0 Å². The molecule has 2 heteroatoms. The average molecular weight is 261 g/mol. The largest absolute Gasteiger partial charge is 0.316 e. The first-order chi connectivity index (χ1) is 8.70. The maximum absolute atomic E-state index is 3.61. The lowest BCUT2D eigenvalue weighted by Gasteiger charge is -2.42. The average Bonchev–Trinajstić information content (AvgIpc) is 2.72. The quantitative estimate of drug-likeness (QED) is 0.829. The van der Waals surface area contributed by atoms with Crippen LogP contribution in [-0.2, 0) is 0 Å². The van der Waals surface area contributed by atoms with E-state index in [1.54, 1.807) is 5.56 Å². The van der Waals surface area contributed by atoms with Gasteiger partial charge in [0, 0.05) is 17.7 Å². The number of thioether (sulfide) groups is 1. The van der Waals surface area contributed by atoms with Crippen LogP contribution in [0.15, 0.2) is 24.3 Å². The molecule has 98 valence electrons. The number of piperidine rings is 1. The molecule has 1 spiro atoms. The van der Waals surface area contributed by atoms with Gasteiger partial charge in [-0.15, -0.1) is 0 Å². The number of hydrogen-bond donors (Lipinski definition) is 1. The molecular formula is C16H23NS. The molecule has 3 unspecified atom stereocenters. The minimum atomic E-state index is 0.559. The van der Waals surface area contributed by atoms with Crippen LogP contribution in [-0.4, -0.2) is 24.1 Å². The Hall–Kier alpha value is -0.470. The van der Waals surface area contributed by atoms with Crippen LogP contribution < -0.4 is 5.32 Å². The second kappa shape index (κ2) is 4.90. The highest BCUT2D eigenvalue weighted by molar-refractivity contribution is 8.00. The zero-order chi connectivity index (χ0) is 12.6. The van der Waals surface area contributed by atoms with Gasteiger partial charge in [0.2, 0.25) is 0 Å². The van der Waals surface area contributed by atoms with Gasteiger partial charge in [-0.1, -0.05) is 36.8 Å². The van der Waals surface area contributed by atoms with Gasteiger partial charge in [-0.2, -0.15) is 11.8 Å². The summed E-state index contributed by atoms with van der Waals surface area (Å²) in [4.78, 5) is 0. The molecule has 2 fully saturated rings. The zero-order valence-electron chi connectivity index (χ0n) is 11.4. The van der Waals surface area contributed by atoms with Crippen molar-refractivity contribution >= 4 is 11.8 Å². The van der Waals surface area contributed by atoms with Crippen molar-refractivity contribution in [2.24, 2.45) is 5.41 Å². The Morgan fingerprint density at radius 1 is 1.39 bits per heavy atom. The molecule has 0 amide bonds. The van der Waals surface area contributed by atoms with E-state index in [1.807, 2.05) is 0 Å². The van der Waals surface area contributed by atoms with E-state index in [9.17, 15) is 0 Å². The molecule has 0 bridgehead atoms. The summed E-state index contributed by atoms with van der Waals surface area (Å²) in [6, 6.07) is 9.16. The summed E-state index contributed by atoms with van der Waals surface area (Å²) < 4.78 is 0. The summed E-state index contributed by atoms with van der Waals surface area (Å²) in [6.07, 6.45) is 2.75. The van der Waals surface area contributed by atoms with Gasteiger partial charge in [-0.25, -0.2) is 0 Å². The molecule has 2 aliphatic heterocycles. The van der Waals surface area contributed by atoms with Gasteiger partial charge in [0.1, 0.15) is 0 Å². The lowest BCUT2D eigenvalue weighted by Crippen LogP contribution is -2.44. The number of benzene rings is 1. The summed E-state index contributed by atoms with van der Waals surface area (Å²) in [5, 5.41) is 4.45. The van der Waals surface area contributed by atoms with Crippen LogP contribution in [0.5, 0.6) is 0 Å². The van der Waals surface area contributed by atoms with Crippen molar-refractivity contribution < 1.29 is 0 Å². The molecule has 1 aromatic carbocycles. The molecule has 2 heterocycles. The van der Waals surface area contributed by atoms with Gasteiger partial charge >= 0.3 is 0 Å². The van der Waals surface area contributed by atoms with Gasteiger partial charge in [0.15, 0.2) is 0 Å². The predicted octanol–water partition coefficient (Wildman–Crippen LogP) is 3.58. The van der Waals surface area contributed by atoms with Gasteiger partial charge in [0.25, 0.3) is 0 Å². The van der Waals surface area contributed by atoms with E-state index in [0.29, 0.717) is 11.3 Å². The molecule has 18 heavy (non-hydrogen) atoms. The van der Waals surface area contributed by atoms with Crippen LogP contribution in [0.3, 0.4) is 0 Å². The smallest absolute Gasteiger partial charge is 0.00288 e. The molecule has 0 radical (unpaired) electrons. The van der Waals surface area contributed by atoms with Gasteiger partial charge in [0.05, 0.1) is 0 Å². The number of hydrogen-bond acceptors (Lipinski definition) is 2. The lowest BCUT2D eigenvalue weighted by atomic mass is 9.67. The van der Waals surface area contributed by atoms with Crippen LogP contribution >= 0.6 is 11.8 Å². The Morgan fingerprint density at radius 2 is 2.28 bits per heavy atom. The van der Waals surface area contributed by atoms with Gasteiger partial charge < -0.3 is 5.32 Å². The second-order valence-corrected chi connectivity index (χ2v) is 7.54. The summed E-state index contributed by atoms with van der Waals surface area (Å²) in [5.41, 5.74) is 3.51. The predicted molar refractivity (Wildman–Crippen MR) is 80.4 cm³/mol. The first kappa shape index (κ1) is 12.6. The van der Waals surface area contributed by atoms with E-state index in [2.05, 4.69) is 55.2 Å². The first-order valence-electron chi connectivity index (χ1n) is 7.08. The van der Waals surface area contributed by atoms with Crippen LogP contribution in [0, 0.1) is 12.3 Å². The Kier molecular flexibility index (Phi) is 3.42. The van der Waals surface area contributed by atoms with Crippen LogP contribution in [0.1, 0.15) is 36.8 Å². The van der Waals surface area contributed by atoms with Crippen molar-refractivity contribution in [3.63, 3.8) is 0 Å². The summed E-state index contributed by atoms with van der Waals surface area (Å²) in [6.45, 7) is 6.97. The fraction of sp³-hybridized carbons (Fsp3) is 0.625. The molecule has 1 N–H and O–H groups in total. The van der Waals surface area contributed by atoms with Crippen molar-refractivity contribution in [3.05, 3.63) is 35.4 Å². The van der Waals surface area contributed by atoms with Crippen molar-refractivity contribution in [1.82, 2.24) is 5.32 Å². The molecule has 2 saturated heterocycles. The van der Waals surface area contributed by atoms with E-state index in [4.69, 9.17) is 0 Å². The number of aryl methyl sites for hydroxylation is 1. The van der Waals surface area contributed by atoms with E-state index < -0.39 is 0 Å². The van der Waals surface area contributed by atoms with Crippen LogP contribution in [0.25, 0.3) is 0 Å². The SMILES string of the molecule is Cc1cccc(C2CNCCC23CSC(C)C3)c1. The van der Waals surface area contributed by atoms with Crippen molar-refractivity contribution in [2.75, 3.05) is 18.8 Å². The maximum Gasteiger partial charge on any atom is 0.00288 e. The summed E-state index contributed by atoms with van der Waals surface area (Å²) >= 11 is 2.18. The second-order valence-electron chi connectivity index (χ2n) is 6.11. The molecule has 0 aromatic heterocycles. The minimum Gasteiger partial charge on any atom is -0.316 e. The van der Waals surface area contributed by atoms with E-state index in [0.717, 1.165) is 11.8 Å². The topological polar surface area (TPSA) is 12.0 Å². The van der Waals surface area contributed by atoms with Gasteiger partial charge in [-0.05, 0) is 43.0 Å². The maximum atomic E-state index is 3.61. The Morgan fingerprint density at radius 3 is 3.00 bits per heavy atom. The molecule has 1 aromatic rings. The first-order valence-corrected chi connectivity index (χ1v) is 8.13. The van der Waals surface area contributed by atoms with Crippen molar-refractivity contribution in [1.29, 1.82) is 0 Å².